The molecule has 2 aromatic rings. The lowest BCUT2D eigenvalue weighted by Gasteiger charge is -2.09. The van der Waals surface area contributed by atoms with Crippen LogP contribution in [0.1, 0.15) is 11.1 Å². The minimum Gasteiger partial charge on any atom is -0.481 e. The Morgan fingerprint density at radius 1 is 1.00 bits per heavy atom. The molecule has 0 aromatic heterocycles. The van der Waals surface area contributed by atoms with E-state index in [4.69, 9.17) is 20.0 Å². The molecular formula is C19H15N3O4. The van der Waals surface area contributed by atoms with Gasteiger partial charge in [0.05, 0.1) is 18.1 Å². The molecule has 2 rings (SSSR count). The first-order chi connectivity index (χ1) is 12.6. The Morgan fingerprint density at radius 2 is 1.73 bits per heavy atom. The van der Waals surface area contributed by atoms with E-state index in [1.165, 1.54) is 0 Å². The van der Waals surface area contributed by atoms with E-state index < -0.39 is 25.1 Å². The molecule has 1 N–H and O–H groups in total. The van der Waals surface area contributed by atoms with Gasteiger partial charge in [-0.2, -0.15) is 10.5 Å². The molecule has 26 heavy (non-hydrogen) atoms. The topological polar surface area (TPSA) is 112 Å². The van der Waals surface area contributed by atoms with E-state index in [0.717, 1.165) is 5.56 Å². The van der Waals surface area contributed by atoms with Gasteiger partial charge >= 0.3 is 5.97 Å². The molecule has 0 heterocycles. The van der Waals surface area contributed by atoms with Crippen molar-refractivity contribution in [3.05, 3.63) is 59.7 Å². The van der Waals surface area contributed by atoms with Gasteiger partial charge in [-0.3, -0.25) is 4.79 Å². The second kappa shape index (κ2) is 9.45. The lowest BCUT2D eigenvalue weighted by Crippen LogP contribution is -2.23. The van der Waals surface area contributed by atoms with Crippen LogP contribution < -0.4 is 10.1 Å². The zero-order valence-electron chi connectivity index (χ0n) is 13.8. The lowest BCUT2D eigenvalue weighted by atomic mass is 10.1. The fourth-order valence-electron chi connectivity index (χ4n) is 2.00. The van der Waals surface area contributed by atoms with Crippen LogP contribution in [-0.2, 0) is 20.7 Å². The van der Waals surface area contributed by atoms with E-state index in [9.17, 15) is 9.59 Å². The predicted molar refractivity (Wildman–Crippen MR) is 92.0 cm³/mol. The molecular weight excluding hydrogens is 334 g/mol. The molecule has 2 aromatic carbocycles. The number of anilines is 1. The highest BCUT2D eigenvalue weighted by Crippen LogP contribution is 2.16. The predicted octanol–water partition coefficient (Wildman–Crippen LogP) is 2.19. The van der Waals surface area contributed by atoms with Crippen molar-refractivity contribution in [2.75, 3.05) is 18.5 Å². The molecule has 7 nitrogen and oxygen atoms in total. The summed E-state index contributed by atoms with van der Waals surface area (Å²) in [6.45, 7) is -0.864. The zero-order chi connectivity index (χ0) is 18.8. The van der Waals surface area contributed by atoms with Crippen molar-refractivity contribution in [2.45, 2.75) is 6.42 Å². The number of ether oxygens (including phenoxy) is 2. The van der Waals surface area contributed by atoms with Crippen molar-refractivity contribution in [1.82, 2.24) is 0 Å². The fraction of sp³-hybridized carbons (Fsp3) is 0.158. The Labute approximate surface area is 150 Å². The maximum Gasteiger partial charge on any atom is 0.344 e. The number of amides is 1. The summed E-state index contributed by atoms with van der Waals surface area (Å²) >= 11 is 0. The van der Waals surface area contributed by atoms with Gasteiger partial charge in [0.15, 0.2) is 13.2 Å². The molecule has 0 aliphatic carbocycles. The van der Waals surface area contributed by atoms with E-state index in [1.54, 1.807) is 48.5 Å². The van der Waals surface area contributed by atoms with Crippen molar-refractivity contribution >= 4 is 17.6 Å². The van der Waals surface area contributed by atoms with E-state index >= 15 is 0 Å². The summed E-state index contributed by atoms with van der Waals surface area (Å²) in [6.07, 6.45) is 0.292. The Morgan fingerprint density at radius 3 is 2.42 bits per heavy atom. The maximum absolute atomic E-state index is 11.8. The Kier molecular flexibility index (Phi) is 6.73. The molecule has 0 saturated carbocycles. The van der Waals surface area contributed by atoms with Crippen LogP contribution in [0, 0.1) is 22.7 Å². The monoisotopic (exact) mass is 349 g/mol. The summed E-state index contributed by atoms with van der Waals surface area (Å²) in [5.74, 6) is -0.949. The summed E-state index contributed by atoms with van der Waals surface area (Å²) in [4.78, 5) is 23.4. The molecule has 7 heteroatoms. The van der Waals surface area contributed by atoms with Crippen molar-refractivity contribution < 1.29 is 19.1 Å². The minimum atomic E-state index is -0.725. The normalized spacial score (nSPS) is 9.46. The number of nitrogens with zero attached hydrogens (tertiary/aromatic N) is 2. The van der Waals surface area contributed by atoms with E-state index in [0.29, 0.717) is 17.7 Å². The molecule has 0 atom stereocenters. The SMILES string of the molecule is N#CCc1ccc(NC(=O)COC(=O)COc2ccccc2C#N)cc1. The largest absolute Gasteiger partial charge is 0.481 e. The van der Waals surface area contributed by atoms with Gasteiger partial charge in [0.1, 0.15) is 11.8 Å². The highest BCUT2D eigenvalue weighted by molar-refractivity contribution is 5.92. The third-order valence-electron chi connectivity index (χ3n) is 3.24. The first-order valence-corrected chi connectivity index (χ1v) is 7.65. The molecule has 0 aliphatic heterocycles. The number of carbonyl (C=O) groups excluding carboxylic acids is 2. The van der Waals surface area contributed by atoms with Gasteiger partial charge in [-0.15, -0.1) is 0 Å². The summed E-state index contributed by atoms with van der Waals surface area (Å²) in [5.41, 5.74) is 1.68. The third kappa shape index (κ3) is 5.66. The van der Waals surface area contributed by atoms with Crippen molar-refractivity contribution in [1.29, 1.82) is 10.5 Å². The Bertz CT molecular complexity index is 864. The number of nitriles is 2. The van der Waals surface area contributed by atoms with Crippen LogP contribution in [0.5, 0.6) is 5.75 Å². The van der Waals surface area contributed by atoms with Crippen molar-refractivity contribution in [2.24, 2.45) is 0 Å². The molecule has 0 unspecified atom stereocenters. The molecule has 1 amide bonds. The third-order valence-corrected chi connectivity index (χ3v) is 3.24. The zero-order valence-corrected chi connectivity index (χ0v) is 13.8. The number of esters is 1. The number of carbonyl (C=O) groups is 2. The Hall–Kier alpha value is -3.84. The van der Waals surface area contributed by atoms with Gasteiger partial charge in [-0.1, -0.05) is 24.3 Å². The molecule has 130 valence electrons. The summed E-state index contributed by atoms with van der Waals surface area (Å²) < 4.78 is 10.1. The number of para-hydroxylation sites is 1. The highest BCUT2D eigenvalue weighted by Gasteiger charge is 2.10. The van der Waals surface area contributed by atoms with Crippen molar-refractivity contribution in [3.63, 3.8) is 0 Å². The lowest BCUT2D eigenvalue weighted by molar-refractivity contribution is -0.149. The molecule has 0 bridgehead atoms. The number of hydrogen-bond donors (Lipinski definition) is 1. The standard InChI is InChI=1S/C19H15N3O4/c20-10-9-14-5-7-16(8-6-14)22-18(23)12-26-19(24)13-25-17-4-2-1-3-15(17)11-21/h1-8H,9,12-13H2,(H,22,23). The molecule has 0 spiro atoms. The van der Waals surface area contributed by atoms with Crippen LogP contribution in [0.3, 0.4) is 0 Å². The van der Waals surface area contributed by atoms with Crippen LogP contribution >= 0.6 is 0 Å². The molecule has 0 fully saturated rings. The van der Waals surface area contributed by atoms with E-state index in [-0.39, 0.29) is 5.75 Å². The smallest absolute Gasteiger partial charge is 0.344 e. The number of nitrogens with one attached hydrogen (secondary N) is 1. The van der Waals surface area contributed by atoms with E-state index in [2.05, 4.69) is 5.32 Å². The summed E-state index contributed by atoms with van der Waals surface area (Å²) in [6, 6.07) is 17.2. The number of hydrogen-bond acceptors (Lipinski definition) is 6. The van der Waals surface area contributed by atoms with Gasteiger partial charge in [0.2, 0.25) is 0 Å². The van der Waals surface area contributed by atoms with Crippen LogP contribution in [0.15, 0.2) is 48.5 Å². The van der Waals surface area contributed by atoms with Crippen molar-refractivity contribution in [3.8, 4) is 17.9 Å². The second-order valence-electron chi connectivity index (χ2n) is 5.14. The molecule has 0 radical (unpaired) electrons. The minimum absolute atomic E-state index is 0.272. The van der Waals surface area contributed by atoms with Gasteiger partial charge < -0.3 is 14.8 Å². The van der Waals surface area contributed by atoms with Crippen LogP contribution in [0.2, 0.25) is 0 Å². The van der Waals surface area contributed by atoms with Gasteiger partial charge in [0, 0.05) is 5.69 Å². The second-order valence-corrected chi connectivity index (χ2v) is 5.14. The van der Waals surface area contributed by atoms with Crippen LogP contribution in [0.25, 0.3) is 0 Å². The highest BCUT2D eigenvalue weighted by atomic mass is 16.6. The van der Waals surface area contributed by atoms with Gasteiger partial charge in [-0.05, 0) is 29.8 Å². The average molecular weight is 349 g/mol. The quantitative estimate of drug-likeness (QED) is 0.767. The first kappa shape index (κ1) is 18.5. The van der Waals surface area contributed by atoms with Gasteiger partial charge in [-0.25, -0.2) is 4.79 Å². The number of benzene rings is 2. The van der Waals surface area contributed by atoms with E-state index in [1.807, 2.05) is 12.1 Å². The average Bonchev–Trinajstić information content (AvgIpc) is 2.66. The van der Waals surface area contributed by atoms with Gasteiger partial charge in [0.25, 0.3) is 5.91 Å². The van der Waals surface area contributed by atoms with Crippen LogP contribution in [-0.4, -0.2) is 25.1 Å². The summed E-state index contributed by atoms with van der Waals surface area (Å²) in [7, 11) is 0. The molecule has 0 aliphatic rings. The molecule has 0 saturated heterocycles. The maximum atomic E-state index is 11.8. The summed E-state index contributed by atoms with van der Waals surface area (Å²) in [5, 5.41) is 20.1. The Balaban J connectivity index is 1.75. The van der Waals surface area contributed by atoms with Crippen LogP contribution in [0.4, 0.5) is 5.69 Å². The fourth-order valence-corrected chi connectivity index (χ4v) is 2.00. The first-order valence-electron chi connectivity index (χ1n) is 7.65. The number of rotatable bonds is 7.